The average Bonchev–Trinajstić information content (AvgIpc) is 2.91. The van der Waals surface area contributed by atoms with Crippen molar-refractivity contribution in [1.82, 2.24) is 28.9 Å². The number of aromatic nitrogens is 4. The molecule has 2 rings (SSSR count). The summed E-state index contributed by atoms with van der Waals surface area (Å²) in [7, 11) is 6.98. The van der Waals surface area contributed by atoms with Crippen molar-refractivity contribution >= 4 is 11.2 Å². The predicted molar refractivity (Wildman–Crippen MR) is 87.4 cm³/mol. The van der Waals surface area contributed by atoms with E-state index in [0.29, 0.717) is 17.7 Å². The van der Waals surface area contributed by atoms with Gasteiger partial charge in [-0.05, 0) is 33.6 Å². The van der Waals surface area contributed by atoms with E-state index >= 15 is 0 Å². The molecule has 0 radical (unpaired) electrons. The predicted octanol–water partition coefficient (Wildman–Crippen LogP) is -1.71. The van der Waals surface area contributed by atoms with Crippen LogP contribution in [0.25, 0.3) is 11.2 Å². The van der Waals surface area contributed by atoms with Crippen LogP contribution in [0.2, 0.25) is 0 Å². The second-order valence-electron chi connectivity index (χ2n) is 5.90. The van der Waals surface area contributed by atoms with Gasteiger partial charge in [0.25, 0.3) is 5.56 Å². The van der Waals surface area contributed by atoms with Gasteiger partial charge in [-0.25, -0.2) is 9.78 Å². The molecule has 0 spiro atoms. The van der Waals surface area contributed by atoms with E-state index in [4.69, 9.17) is 0 Å². The highest BCUT2D eigenvalue weighted by Crippen LogP contribution is 2.05. The molecule has 2 aromatic heterocycles. The van der Waals surface area contributed by atoms with Crippen LogP contribution in [0, 0.1) is 0 Å². The molecule has 0 aromatic carbocycles. The largest absolute Gasteiger partial charge is 0.377 e. The minimum Gasteiger partial charge on any atom is -0.377 e. The Morgan fingerprint density at radius 1 is 1.30 bits per heavy atom. The third-order valence-corrected chi connectivity index (χ3v) is 3.75. The van der Waals surface area contributed by atoms with Crippen LogP contribution in [-0.4, -0.2) is 62.1 Å². The van der Waals surface area contributed by atoms with Crippen molar-refractivity contribution < 1.29 is 5.11 Å². The van der Waals surface area contributed by atoms with Gasteiger partial charge in [0, 0.05) is 14.1 Å². The van der Waals surface area contributed by atoms with Crippen LogP contribution in [0.4, 0.5) is 0 Å². The summed E-state index contributed by atoms with van der Waals surface area (Å²) in [6, 6.07) is 0. The summed E-state index contributed by atoms with van der Waals surface area (Å²) in [5.74, 6) is 0. The quantitative estimate of drug-likeness (QED) is 0.465. The molecule has 9 nitrogen and oxygen atoms in total. The summed E-state index contributed by atoms with van der Waals surface area (Å²) in [6.45, 7) is 1.78. The molecule has 0 saturated carbocycles. The molecule has 1 unspecified atom stereocenters. The normalized spacial score (nSPS) is 13.1. The molecule has 0 fully saturated rings. The number of aliphatic hydroxyl groups is 1. The lowest BCUT2D eigenvalue weighted by Crippen LogP contribution is -2.39. The number of rotatable bonds is 7. The number of imidazole rings is 1. The fourth-order valence-electron chi connectivity index (χ4n) is 2.45. The van der Waals surface area contributed by atoms with E-state index in [1.54, 1.807) is 11.6 Å². The topological polar surface area (TPSA) is 97.3 Å². The fourth-order valence-corrected chi connectivity index (χ4v) is 2.45. The zero-order valence-corrected chi connectivity index (χ0v) is 14.0. The van der Waals surface area contributed by atoms with Crippen molar-refractivity contribution in [2.75, 3.05) is 27.2 Å². The third kappa shape index (κ3) is 3.69. The number of hydrogen-bond donors (Lipinski definition) is 2. The smallest absolute Gasteiger partial charge is 0.332 e. The Morgan fingerprint density at radius 3 is 2.65 bits per heavy atom. The molecule has 2 heterocycles. The molecule has 0 amide bonds. The van der Waals surface area contributed by atoms with Gasteiger partial charge in [0.05, 0.1) is 12.9 Å². The number of nitrogens with one attached hydrogen (secondary N) is 1. The summed E-state index contributed by atoms with van der Waals surface area (Å²) in [5, 5.41) is 13.1. The van der Waals surface area contributed by atoms with Gasteiger partial charge < -0.3 is 14.6 Å². The number of fused-ring (bicyclic) bond motifs is 1. The maximum atomic E-state index is 12.3. The van der Waals surface area contributed by atoms with Crippen LogP contribution in [0.1, 0.15) is 6.42 Å². The van der Waals surface area contributed by atoms with E-state index in [2.05, 4.69) is 15.2 Å². The SMILES string of the molecule is CN(C)CCCNC(O)Cn1cnc2c1c(=O)n(C)c(=O)n2C. The molecule has 0 bridgehead atoms. The van der Waals surface area contributed by atoms with Crippen molar-refractivity contribution in [3.63, 3.8) is 0 Å². The highest BCUT2D eigenvalue weighted by Gasteiger charge is 2.15. The minimum absolute atomic E-state index is 0.186. The molecule has 9 heteroatoms. The molecule has 0 saturated heterocycles. The zero-order valence-electron chi connectivity index (χ0n) is 14.0. The first-order chi connectivity index (χ1) is 10.8. The van der Waals surface area contributed by atoms with Crippen molar-refractivity contribution in [1.29, 1.82) is 0 Å². The summed E-state index contributed by atoms with van der Waals surface area (Å²) in [6.07, 6.45) is 1.58. The van der Waals surface area contributed by atoms with Crippen LogP contribution in [-0.2, 0) is 20.6 Å². The first kappa shape index (κ1) is 17.4. The molecule has 0 aliphatic heterocycles. The fraction of sp³-hybridized carbons (Fsp3) is 0.643. The van der Waals surface area contributed by atoms with Crippen molar-refractivity contribution in [3.8, 4) is 0 Å². The monoisotopic (exact) mass is 324 g/mol. The molecule has 23 heavy (non-hydrogen) atoms. The molecule has 2 aromatic rings. The van der Waals surface area contributed by atoms with Crippen molar-refractivity contribution in [2.45, 2.75) is 19.2 Å². The minimum atomic E-state index is -0.795. The number of nitrogens with zero attached hydrogens (tertiary/aromatic N) is 5. The lowest BCUT2D eigenvalue weighted by Gasteiger charge is -2.15. The van der Waals surface area contributed by atoms with Crippen LogP contribution >= 0.6 is 0 Å². The Kier molecular flexibility index (Phi) is 5.34. The van der Waals surface area contributed by atoms with Gasteiger partial charge in [-0.15, -0.1) is 0 Å². The lowest BCUT2D eigenvalue weighted by atomic mass is 10.4. The van der Waals surface area contributed by atoms with Gasteiger partial charge in [-0.1, -0.05) is 0 Å². The van der Waals surface area contributed by atoms with Gasteiger partial charge in [-0.3, -0.25) is 19.2 Å². The second-order valence-corrected chi connectivity index (χ2v) is 5.90. The third-order valence-electron chi connectivity index (χ3n) is 3.75. The Hall–Kier alpha value is -1.97. The number of hydrogen-bond acceptors (Lipinski definition) is 6. The van der Waals surface area contributed by atoms with E-state index in [1.807, 2.05) is 14.1 Å². The van der Waals surface area contributed by atoms with Crippen LogP contribution < -0.4 is 16.6 Å². The Labute approximate surface area is 133 Å². The average molecular weight is 324 g/mol. The van der Waals surface area contributed by atoms with Crippen LogP contribution in [0.15, 0.2) is 15.9 Å². The Bertz CT molecular complexity index is 788. The Morgan fingerprint density at radius 2 is 2.00 bits per heavy atom. The van der Waals surface area contributed by atoms with Crippen molar-refractivity contribution in [3.05, 3.63) is 27.2 Å². The summed E-state index contributed by atoms with van der Waals surface area (Å²) in [4.78, 5) is 30.3. The van der Waals surface area contributed by atoms with E-state index in [0.717, 1.165) is 17.5 Å². The van der Waals surface area contributed by atoms with Gasteiger partial charge in [0.15, 0.2) is 11.2 Å². The maximum absolute atomic E-state index is 12.3. The summed E-state index contributed by atoms with van der Waals surface area (Å²) in [5.41, 5.74) is -0.211. The number of aliphatic hydroxyl groups excluding tert-OH is 1. The molecule has 128 valence electrons. The first-order valence-corrected chi connectivity index (χ1v) is 7.50. The highest BCUT2D eigenvalue weighted by atomic mass is 16.3. The van der Waals surface area contributed by atoms with Crippen LogP contribution in [0.5, 0.6) is 0 Å². The van der Waals surface area contributed by atoms with E-state index < -0.39 is 17.5 Å². The zero-order chi connectivity index (χ0) is 17.1. The maximum Gasteiger partial charge on any atom is 0.332 e. The van der Waals surface area contributed by atoms with Crippen LogP contribution in [0.3, 0.4) is 0 Å². The standard InChI is InChI=1S/C14H24N6O3/c1-17(2)7-5-6-15-10(21)8-20-9-16-12-11(20)13(22)19(4)14(23)18(12)3/h9-10,15,21H,5-8H2,1-4H3. The Balaban J connectivity index is 2.15. The molecule has 0 aliphatic rings. The first-order valence-electron chi connectivity index (χ1n) is 7.50. The van der Waals surface area contributed by atoms with Gasteiger partial charge in [0.2, 0.25) is 0 Å². The molecule has 1 atom stereocenters. The van der Waals surface area contributed by atoms with Gasteiger partial charge in [0.1, 0.15) is 6.23 Å². The highest BCUT2D eigenvalue weighted by molar-refractivity contribution is 5.69. The molecule has 0 aliphatic carbocycles. The summed E-state index contributed by atoms with van der Waals surface area (Å²) < 4.78 is 3.93. The second kappa shape index (κ2) is 7.07. The molecule has 2 N–H and O–H groups in total. The van der Waals surface area contributed by atoms with E-state index in [1.165, 1.54) is 17.9 Å². The van der Waals surface area contributed by atoms with Crippen molar-refractivity contribution in [2.24, 2.45) is 14.1 Å². The van der Waals surface area contributed by atoms with E-state index in [9.17, 15) is 14.7 Å². The molecular weight excluding hydrogens is 300 g/mol. The van der Waals surface area contributed by atoms with Gasteiger partial charge >= 0.3 is 5.69 Å². The van der Waals surface area contributed by atoms with Gasteiger partial charge in [-0.2, -0.15) is 0 Å². The lowest BCUT2D eigenvalue weighted by molar-refractivity contribution is 0.118. The molecular formula is C14H24N6O3. The van der Waals surface area contributed by atoms with E-state index in [-0.39, 0.29) is 6.54 Å². The number of aryl methyl sites for hydroxylation is 1. The summed E-state index contributed by atoms with van der Waals surface area (Å²) >= 11 is 0.